The molecule has 1 N–H and O–H groups in total. The van der Waals surface area contributed by atoms with E-state index in [0.717, 1.165) is 16.3 Å². The zero-order chi connectivity index (χ0) is 16.8. The molecule has 0 saturated heterocycles. The van der Waals surface area contributed by atoms with Crippen LogP contribution in [0.5, 0.6) is 5.75 Å². The van der Waals surface area contributed by atoms with Crippen molar-refractivity contribution < 1.29 is 9.53 Å². The molecular formula is C18H16N2O2S2. The molecular weight excluding hydrogens is 340 g/mol. The molecule has 0 aliphatic rings. The first-order valence-electron chi connectivity index (χ1n) is 7.30. The number of carbonyl (C=O) groups excluding carboxylic acids is 1. The number of rotatable bonds is 6. The predicted molar refractivity (Wildman–Crippen MR) is 99.1 cm³/mol. The lowest BCUT2D eigenvalue weighted by Crippen LogP contribution is -2.13. The van der Waals surface area contributed by atoms with Crippen molar-refractivity contribution in [1.29, 1.82) is 0 Å². The number of aromatic nitrogens is 1. The Morgan fingerprint density at radius 2 is 2.12 bits per heavy atom. The smallest absolute Gasteiger partial charge is 0.259 e. The highest BCUT2D eigenvalue weighted by atomic mass is 32.2. The zero-order valence-electron chi connectivity index (χ0n) is 13.1. The van der Waals surface area contributed by atoms with Crippen molar-refractivity contribution >= 4 is 34.7 Å². The lowest BCUT2D eigenvalue weighted by atomic mass is 10.2. The highest BCUT2D eigenvalue weighted by Crippen LogP contribution is 2.23. The topological polar surface area (TPSA) is 51.2 Å². The van der Waals surface area contributed by atoms with Crippen LogP contribution in [0.2, 0.25) is 0 Å². The van der Waals surface area contributed by atoms with Crippen LogP contribution in [-0.4, -0.2) is 17.1 Å². The minimum Gasteiger partial charge on any atom is -0.486 e. The average Bonchev–Trinajstić information content (AvgIpc) is 3.14. The summed E-state index contributed by atoms with van der Waals surface area (Å²) in [6, 6.07) is 15.0. The molecule has 1 aromatic heterocycles. The molecule has 0 fully saturated rings. The van der Waals surface area contributed by atoms with Crippen molar-refractivity contribution in [3.63, 3.8) is 0 Å². The Morgan fingerprint density at radius 3 is 2.92 bits per heavy atom. The van der Waals surface area contributed by atoms with E-state index in [2.05, 4.69) is 10.3 Å². The van der Waals surface area contributed by atoms with Crippen LogP contribution in [0.15, 0.2) is 64.3 Å². The SMILES string of the molecule is CSc1cccc(NC(=O)c2ccccc2OCc2cscn2)c1. The molecule has 0 spiro atoms. The van der Waals surface area contributed by atoms with Crippen molar-refractivity contribution in [1.82, 2.24) is 4.98 Å². The number of hydrogen-bond donors (Lipinski definition) is 1. The number of amides is 1. The summed E-state index contributed by atoms with van der Waals surface area (Å²) >= 11 is 3.15. The van der Waals surface area contributed by atoms with E-state index in [1.54, 1.807) is 29.4 Å². The highest BCUT2D eigenvalue weighted by Gasteiger charge is 2.13. The molecule has 24 heavy (non-hydrogen) atoms. The summed E-state index contributed by atoms with van der Waals surface area (Å²) in [6.07, 6.45) is 2.00. The number of hydrogen-bond acceptors (Lipinski definition) is 5. The Hall–Kier alpha value is -2.31. The maximum atomic E-state index is 12.6. The van der Waals surface area contributed by atoms with Gasteiger partial charge < -0.3 is 10.1 Å². The quantitative estimate of drug-likeness (QED) is 0.651. The third-order valence-electron chi connectivity index (χ3n) is 3.32. The van der Waals surface area contributed by atoms with E-state index in [1.165, 1.54) is 11.3 Å². The van der Waals surface area contributed by atoms with Gasteiger partial charge in [0.15, 0.2) is 0 Å². The molecule has 0 aliphatic carbocycles. The second-order valence-electron chi connectivity index (χ2n) is 4.95. The van der Waals surface area contributed by atoms with Gasteiger partial charge in [0.25, 0.3) is 5.91 Å². The number of carbonyl (C=O) groups is 1. The van der Waals surface area contributed by atoms with Crippen molar-refractivity contribution in [3.8, 4) is 5.75 Å². The normalized spacial score (nSPS) is 10.4. The molecule has 2 aromatic carbocycles. The van der Waals surface area contributed by atoms with Crippen LogP contribution in [0.25, 0.3) is 0 Å². The van der Waals surface area contributed by atoms with Gasteiger partial charge in [-0.3, -0.25) is 4.79 Å². The van der Waals surface area contributed by atoms with E-state index in [9.17, 15) is 4.79 Å². The lowest BCUT2D eigenvalue weighted by molar-refractivity contribution is 0.102. The van der Waals surface area contributed by atoms with Gasteiger partial charge in [0.1, 0.15) is 12.4 Å². The third kappa shape index (κ3) is 4.15. The summed E-state index contributed by atoms with van der Waals surface area (Å²) in [5, 5.41) is 4.85. The van der Waals surface area contributed by atoms with Crippen molar-refractivity contribution in [2.24, 2.45) is 0 Å². The average molecular weight is 356 g/mol. The zero-order valence-corrected chi connectivity index (χ0v) is 14.7. The first-order chi connectivity index (χ1) is 11.8. The monoisotopic (exact) mass is 356 g/mol. The number of ether oxygens (including phenoxy) is 1. The lowest BCUT2D eigenvalue weighted by Gasteiger charge is -2.11. The first kappa shape index (κ1) is 16.5. The molecule has 1 amide bonds. The van der Waals surface area contributed by atoms with Crippen LogP contribution in [-0.2, 0) is 6.61 Å². The molecule has 122 valence electrons. The van der Waals surface area contributed by atoms with Gasteiger partial charge in [-0.25, -0.2) is 4.98 Å². The molecule has 0 aliphatic heterocycles. The minimum absolute atomic E-state index is 0.192. The highest BCUT2D eigenvalue weighted by molar-refractivity contribution is 7.98. The second kappa shape index (κ2) is 7.99. The predicted octanol–water partition coefficient (Wildman–Crippen LogP) is 4.70. The van der Waals surface area contributed by atoms with E-state index in [4.69, 9.17) is 4.74 Å². The van der Waals surface area contributed by atoms with E-state index < -0.39 is 0 Å². The van der Waals surface area contributed by atoms with E-state index in [1.807, 2.05) is 48.0 Å². The number of nitrogens with one attached hydrogen (secondary N) is 1. The first-order valence-corrected chi connectivity index (χ1v) is 9.47. The van der Waals surface area contributed by atoms with Crippen molar-refractivity contribution in [2.45, 2.75) is 11.5 Å². The van der Waals surface area contributed by atoms with E-state index >= 15 is 0 Å². The van der Waals surface area contributed by atoms with Gasteiger partial charge in [-0.15, -0.1) is 23.1 Å². The molecule has 0 bridgehead atoms. The van der Waals surface area contributed by atoms with Crippen LogP contribution >= 0.6 is 23.1 Å². The molecule has 0 unspecified atom stereocenters. The van der Waals surface area contributed by atoms with Crippen LogP contribution in [0, 0.1) is 0 Å². The molecule has 4 nitrogen and oxygen atoms in total. The van der Waals surface area contributed by atoms with Crippen LogP contribution in [0.1, 0.15) is 16.1 Å². The maximum Gasteiger partial charge on any atom is 0.259 e. The molecule has 0 atom stereocenters. The van der Waals surface area contributed by atoms with Gasteiger partial charge in [-0.1, -0.05) is 18.2 Å². The van der Waals surface area contributed by atoms with E-state index in [0.29, 0.717) is 17.9 Å². The summed E-state index contributed by atoms with van der Waals surface area (Å²) in [6.45, 7) is 0.343. The third-order valence-corrected chi connectivity index (χ3v) is 4.68. The number of thiazole rings is 1. The summed E-state index contributed by atoms with van der Waals surface area (Å²) in [4.78, 5) is 17.9. The molecule has 0 radical (unpaired) electrons. The van der Waals surface area contributed by atoms with Gasteiger partial charge in [0, 0.05) is 16.0 Å². The van der Waals surface area contributed by atoms with Crippen LogP contribution in [0.4, 0.5) is 5.69 Å². The van der Waals surface area contributed by atoms with Gasteiger partial charge in [0.05, 0.1) is 16.8 Å². The summed E-state index contributed by atoms with van der Waals surface area (Å²) in [7, 11) is 0. The fourth-order valence-electron chi connectivity index (χ4n) is 2.14. The molecule has 3 aromatic rings. The Morgan fingerprint density at radius 1 is 1.25 bits per heavy atom. The Bertz CT molecular complexity index is 819. The fraction of sp³-hybridized carbons (Fsp3) is 0.111. The standard InChI is InChI=1S/C18H16N2O2S2/c1-23-15-6-4-5-13(9-15)20-18(21)16-7-2-3-8-17(16)22-10-14-11-24-12-19-14/h2-9,11-12H,10H2,1H3,(H,20,21). The summed E-state index contributed by atoms with van der Waals surface area (Å²) in [5.74, 6) is 0.353. The molecule has 0 saturated carbocycles. The number of nitrogens with zero attached hydrogens (tertiary/aromatic N) is 1. The van der Waals surface area contributed by atoms with Crippen molar-refractivity contribution in [2.75, 3.05) is 11.6 Å². The Balaban J connectivity index is 1.74. The molecule has 1 heterocycles. The molecule has 3 rings (SSSR count). The summed E-state index contributed by atoms with van der Waals surface area (Å²) < 4.78 is 5.76. The minimum atomic E-state index is -0.192. The Labute approximate surface area is 148 Å². The van der Waals surface area contributed by atoms with Crippen molar-refractivity contribution in [3.05, 3.63) is 70.7 Å². The second-order valence-corrected chi connectivity index (χ2v) is 6.55. The number of para-hydroxylation sites is 1. The van der Waals surface area contributed by atoms with Gasteiger partial charge in [-0.05, 0) is 36.6 Å². The summed E-state index contributed by atoms with van der Waals surface area (Å²) in [5.41, 5.74) is 3.88. The van der Waals surface area contributed by atoms with Crippen LogP contribution in [0.3, 0.4) is 0 Å². The van der Waals surface area contributed by atoms with Gasteiger partial charge >= 0.3 is 0 Å². The van der Waals surface area contributed by atoms with E-state index in [-0.39, 0.29) is 5.91 Å². The number of thioether (sulfide) groups is 1. The van der Waals surface area contributed by atoms with Crippen LogP contribution < -0.4 is 10.1 Å². The maximum absolute atomic E-state index is 12.6. The van der Waals surface area contributed by atoms with Gasteiger partial charge in [0.2, 0.25) is 0 Å². The largest absolute Gasteiger partial charge is 0.486 e. The Kier molecular flexibility index (Phi) is 5.51. The number of benzene rings is 2. The van der Waals surface area contributed by atoms with Gasteiger partial charge in [-0.2, -0.15) is 0 Å². The molecule has 6 heteroatoms. The number of anilines is 1. The fourth-order valence-corrected chi connectivity index (χ4v) is 3.14.